The lowest BCUT2D eigenvalue weighted by Crippen LogP contribution is -1.88. The van der Waals surface area contributed by atoms with E-state index in [1.807, 2.05) is 18.2 Å². The Balaban J connectivity index is 2.20. The van der Waals surface area contributed by atoms with Crippen molar-refractivity contribution in [2.45, 2.75) is 25.7 Å². The summed E-state index contributed by atoms with van der Waals surface area (Å²) in [6.07, 6.45) is 6.45. The molecule has 0 amide bonds. The van der Waals surface area contributed by atoms with Crippen LogP contribution in [0.5, 0.6) is 0 Å². The van der Waals surface area contributed by atoms with Gasteiger partial charge in [0.05, 0.1) is 0 Å². The average molecular weight is 163 g/mol. The van der Waals surface area contributed by atoms with Crippen molar-refractivity contribution in [3.8, 4) is 0 Å². The van der Waals surface area contributed by atoms with Gasteiger partial charge in [0, 0.05) is 18.3 Å². The third-order valence-corrected chi connectivity index (χ3v) is 1.73. The molecule has 1 aromatic heterocycles. The van der Waals surface area contributed by atoms with E-state index in [1.165, 1.54) is 0 Å². The minimum Gasteiger partial charge on any atom is -0.303 e. The van der Waals surface area contributed by atoms with Gasteiger partial charge in [0.2, 0.25) is 0 Å². The maximum atomic E-state index is 10.0. The first kappa shape index (κ1) is 8.91. The molecule has 0 unspecified atom stereocenters. The van der Waals surface area contributed by atoms with Crippen LogP contribution in [0.4, 0.5) is 0 Å². The Morgan fingerprint density at radius 2 is 2.25 bits per heavy atom. The van der Waals surface area contributed by atoms with E-state index in [0.717, 1.165) is 31.2 Å². The molecule has 64 valence electrons. The molecule has 0 aliphatic rings. The van der Waals surface area contributed by atoms with Crippen molar-refractivity contribution in [2.75, 3.05) is 0 Å². The summed E-state index contributed by atoms with van der Waals surface area (Å²) < 4.78 is 0. The lowest BCUT2D eigenvalue weighted by molar-refractivity contribution is -0.107. The monoisotopic (exact) mass is 163 g/mol. The van der Waals surface area contributed by atoms with Crippen LogP contribution in [0.1, 0.15) is 25.0 Å². The predicted octanol–water partition coefficient (Wildman–Crippen LogP) is 1.99. The van der Waals surface area contributed by atoms with Gasteiger partial charge in [-0.15, -0.1) is 0 Å². The number of aromatic nitrogens is 1. The number of nitrogens with zero attached hydrogens (tertiary/aromatic N) is 1. The van der Waals surface area contributed by atoms with Crippen molar-refractivity contribution in [1.82, 2.24) is 4.98 Å². The zero-order valence-corrected chi connectivity index (χ0v) is 7.07. The predicted molar refractivity (Wildman–Crippen MR) is 47.9 cm³/mol. The van der Waals surface area contributed by atoms with Gasteiger partial charge >= 0.3 is 0 Å². The fourth-order valence-electron chi connectivity index (χ4n) is 1.08. The molecular weight excluding hydrogens is 150 g/mol. The molecule has 1 heterocycles. The summed E-state index contributed by atoms with van der Waals surface area (Å²) in [5.74, 6) is 0. The summed E-state index contributed by atoms with van der Waals surface area (Å²) in [6, 6.07) is 5.91. The SMILES string of the molecule is O=CCCCCc1ccccn1. The van der Waals surface area contributed by atoms with E-state index in [4.69, 9.17) is 0 Å². The van der Waals surface area contributed by atoms with E-state index >= 15 is 0 Å². The first-order valence-corrected chi connectivity index (χ1v) is 4.27. The van der Waals surface area contributed by atoms with Crippen LogP contribution in [0.15, 0.2) is 24.4 Å². The molecule has 0 bridgehead atoms. The van der Waals surface area contributed by atoms with Crippen molar-refractivity contribution >= 4 is 6.29 Å². The van der Waals surface area contributed by atoms with E-state index < -0.39 is 0 Å². The van der Waals surface area contributed by atoms with Crippen molar-refractivity contribution in [3.63, 3.8) is 0 Å². The number of hydrogen-bond donors (Lipinski definition) is 0. The van der Waals surface area contributed by atoms with Gasteiger partial charge in [-0.3, -0.25) is 4.98 Å². The Hall–Kier alpha value is -1.18. The Morgan fingerprint density at radius 3 is 2.92 bits per heavy atom. The van der Waals surface area contributed by atoms with Crippen molar-refractivity contribution in [2.24, 2.45) is 0 Å². The smallest absolute Gasteiger partial charge is 0.119 e. The van der Waals surface area contributed by atoms with Crippen LogP contribution < -0.4 is 0 Å². The first-order chi connectivity index (χ1) is 5.93. The maximum absolute atomic E-state index is 10.0. The third-order valence-electron chi connectivity index (χ3n) is 1.73. The van der Waals surface area contributed by atoms with E-state index in [2.05, 4.69) is 4.98 Å². The van der Waals surface area contributed by atoms with Crippen LogP contribution >= 0.6 is 0 Å². The van der Waals surface area contributed by atoms with Crippen LogP contribution in [-0.2, 0) is 11.2 Å². The molecule has 1 aromatic rings. The molecule has 12 heavy (non-hydrogen) atoms. The fourth-order valence-corrected chi connectivity index (χ4v) is 1.08. The number of aryl methyl sites for hydroxylation is 1. The Kier molecular flexibility index (Phi) is 4.06. The lowest BCUT2D eigenvalue weighted by atomic mass is 10.1. The largest absolute Gasteiger partial charge is 0.303 e. The topological polar surface area (TPSA) is 30.0 Å². The Labute approximate surface area is 72.6 Å². The van der Waals surface area contributed by atoms with Crippen LogP contribution in [-0.4, -0.2) is 11.3 Å². The number of unbranched alkanes of at least 4 members (excludes halogenated alkanes) is 2. The second-order valence-corrected chi connectivity index (χ2v) is 2.73. The van der Waals surface area contributed by atoms with Gasteiger partial charge in [-0.25, -0.2) is 0 Å². The van der Waals surface area contributed by atoms with Gasteiger partial charge in [-0.1, -0.05) is 6.07 Å². The number of pyridine rings is 1. The van der Waals surface area contributed by atoms with E-state index in [9.17, 15) is 4.79 Å². The van der Waals surface area contributed by atoms with Gasteiger partial charge in [0.25, 0.3) is 0 Å². The molecule has 0 spiro atoms. The molecule has 0 fully saturated rings. The van der Waals surface area contributed by atoms with Crippen molar-refractivity contribution in [3.05, 3.63) is 30.1 Å². The minimum atomic E-state index is 0.673. The zero-order chi connectivity index (χ0) is 8.65. The fraction of sp³-hybridized carbons (Fsp3) is 0.400. The average Bonchev–Trinajstić information content (AvgIpc) is 2.14. The van der Waals surface area contributed by atoms with Crippen LogP contribution in [0, 0.1) is 0 Å². The van der Waals surface area contributed by atoms with Crippen LogP contribution in [0.25, 0.3) is 0 Å². The van der Waals surface area contributed by atoms with Crippen molar-refractivity contribution < 1.29 is 4.79 Å². The number of aldehydes is 1. The molecule has 0 aromatic carbocycles. The molecule has 0 aliphatic carbocycles. The first-order valence-electron chi connectivity index (χ1n) is 4.27. The second-order valence-electron chi connectivity index (χ2n) is 2.73. The normalized spacial score (nSPS) is 9.67. The summed E-state index contributed by atoms with van der Waals surface area (Å²) >= 11 is 0. The number of rotatable bonds is 5. The number of carbonyl (C=O) groups excluding carboxylic acids is 1. The summed E-state index contributed by atoms with van der Waals surface area (Å²) in [5.41, 5.74) is 1.11. The van der Waals surface area contributed by atoms with Gasteiger partial charge < -0.3 is 4.79 Å². The molecule has 2 nitrogen and oxygen atoms in total. The molecule has 0 saturated carbocycles. The van der Waals surface area contributed by atoms with Gasteiger partial charge in [0.15, 0.2) is 0 Å². The van der Waals surface area contributed by atoms with Gasteiger partial charge in [-0.05, 0) is 31.4 Å². The Bertz CT molecular complexity index is 221. The van der Waals surface area contributed by atoms with Gasteiger partial charge in [-0.2, -0.15) is 0 Å². The second kappa shape index (κ2) is 5.47. The lowest BCUT2D eigenvalue weighted by Gasteiger charge is -1.96. The van der Waals surface area contributed by atoms with E-state index in [0.29, 0.717) is 6.42 Å². The minimum absolute atomic E-state index is 0.673. The highest BCUT2D eigenvalue weighted by Crippen LogP contribution is 2.01. The molecule has 0 aliphatic heterocycles. The third kappa shape index (κ3) is 3.28. The summed E-state index contributed by atoms with van der Waals surface area (Å²) in [7, 11) is 0. The number of hydrogen-bond acceptors (Lipinski definition) is 2. The van der Waals surface area contributed by atoms with E-state index in [1.54, 1.807) is 6.20 Å². The molecule has 2 heteroatoms. The van der Waals surface area contributed by atoms with Gasteiger partial charge in [0.1, 0.15) is 6.29 Å². The Morgan fingerprint density at radius 1 is 1.33 bits per heavy atom. The highest BCUT2D eigenvalue weighted by atomic mass is 16.1. The highest BCUT2D eigenvalue weighted by molar-refractivity contribution is 5.48. The summed E-state index contributed by atoms with van der Waals surface area (Å²) in [5, 5.41) is 0. The highest BCUT2D eigenvalue weighted by Gasteiger charge is 1.92. The van der Waals surface area contributed by atoms with Crippen molar-refractivity contribution in [1.29, 1.82) is 0 Å². The molecular formula is C10H13NO. The molecule has 0 atom stereocenters. The number of carbonyl (C=O) groups is 1. The zero-order valence-electron chi connectivity index (χ0n) is 7.07. The summed E-state index contributed by atoms with van der Waals surface area (Å²) in [6.45, 7) is 0. The van der Waals surface area contributed by atoms with Crippen LogP contribution in [0.2, 0.25) is 0 Å². The molecule has 0 saturated heterocycles. The molecule has 1 rings (SSSR count). The van der Waals surface area contributed by atoms with E-state index in [-0.39, 0.29) is 0 Å². The standard InChI is InChI=1S/C10H13NO/c12-9-5-1-2-6-10-7-3-4-8-11-10/h3-4,7-9H,1-2,5-6H2. The van der Waals surface area contributed by atoms with Crippen LogP contribution in [0.3, 0.4) is 0 Å². The summed E-state index contributed by atoms with van der Waals surface area (Å²) in [4.78, 5) is 14.2. The molecule has 0 N–H and O–H groups in total. The maximum Gasteiger partial charge on any atom is 0.119 e. The quantitative estimate of drug-likeness (QED) is 0.491. The molecule has 0 radical (unpaired) electrons.